The summed E-state index contributed by atoms with van der Waals surface area (Å²) in [4.78, 5) is 15.0. The van der Waals surface area contributed by atoms with Gasteiger partial charge in [0.25, 0.3) is 5.91 Å². The Bertz CT molecular complexity index is 336. The third-order valence-corrected chi connectivity index (χ3v) is 2.41. The van der Waals surface area contributed by atoms with Crippen molar-refractivity contribution in [3.63, 3.8) is 0 Å². The van der Waals surface area contributed by atoms with Crippen LogP contribution in [0.15, 0.2) is 10.5 Å². The molecule has 0 atom stereocenters. The molecule has 0 saturated carbocycles. The van der Waals surface area contributed by atoms with Crippen LogP contribution in [0.4, 0.5) is 0 Å². The topological polar surface area (TPSA) is 56.0 Å². The van der Waals surface area contributed by atoms with E-state index in [2.05, 4.69) is 20.9 Å². The van der Waals surface area contributed by atoms with Crippen molar-refractivity contribution in [2.24, 2.45) is 5.73 Å². The van der Waals surface area contributed by atoms with Gasteiger partial charge in [-0.1, -0.05) is 0 Å². The van der Waals surface area contributed by atoms with Crippen LogP contribution in [0.25, 0.3) is 0 Å². The Morgan fingerprint density at radius 2 is 2.08 bits per heavy atom. The molecule has 12 heavy (non-hydrogen) atoms. The first-order chi connectivity index (χ1) is 5.52. The van der Waals surface area contributed by atoms with E-state index in [9.17, 15) is 4.79 Å². The fourth-order valence-electron chi connectivity index (χ4n) is 0.950. The molecule has 1 heterocycles. The molecule has 0 unspecified atom stereocenters. The number of aromatic nitrogens is 1. The monoisotopic (exact) mass is 228 g/mol. The highest BCUT2D eigenvalue weighted by atomic mass is 79.9. The van der Waals surface area contributed by atoms with E-state index in [-0.39, 0.29) is 0 Å². The maximum Gasteiger partial charge on any atom is 0.250 e. The average Bonchev–Trinajstić information content (AvgIpc) is 1.96. The summed E-state index contributed by atoms with van der Waals surface area (Å²) in [5, 5.41) is 0. The Balaban J connectivity index is 3.33. The van der Waals surface area contributed by atoms with Gasteiger partial charge in [0.05, 0.1) is 17.0 Å². The molecule has 0 radical (unpaired) electrons. The smallest absolute Gasteiger partial charge is 0.250 e. The number of hydrogen-bond donors (Lipinski definition) is 1. The lowest BCUT2D eigenvalue weighted by Crippen LogP contribution is -2.13. The number of pyridine rings is 1. The van der Waals surface area contributed by atoms with Crippen molar-refractivity contribution in [3.8, 4) is 0 Å². The molecule has 1 aromatic rings. The summed E-state index contributed by atoms with van der Waals surface area (Å²) in [5.41, 5.74) is 7.13. The normalized spacial score (nSPS) is 9.92. The zero-order chi connectivity index (χ0) is 9.30. The standard InChI is InChI=1S/C8H9BrN2O/c1-4-6(8(10)12)3-7(9)5(2)11-4/h3H,1-2H3,(H2,10,12). The SMILES string of the molecule is Cc1nc(C)c(C(N)=O)cc1Br. The van der Waals surface area contributed by atoms with Crippen LogP contribution in [-0.4, -0.2) is 10.9 Å². The average molecular weight is 229 g/mol. The molecule has 0 fully saturated rings. The molecule has 2 N–H and O–H groups in total. The van der Waals surface area contributed by atoms with Gasteiger partial charge in [-0.15, -0.1) is 0 Å². The predicted octanol–water partition coefficient (Wildman–Crippen LogP) is 1.56. The van der Waals surface area contributed by atoms with E-state index in [0.717, 1.165) is 10.2 Å². The maximum absolute atomic E-state index is 10.8. The largest absolute Gasteiger partial charge is 0.366 e. The molecule has 64 valence electrons. The molecule has 3 nitrogen and oxygen atoms in total. The van der Waals surface area contributed by atoms with Gasteiger partial charge in [0, 0.05) is 4.47 Å². The molecule has 0 bridgehead atoms. The minimum Gasteiger partial charge on any atom is -0.366 e. The van der Waals surface area contributed by atoms with Crippen LogP contribution in [0.5, 0.6) is 0 Å². The lowest BCUT2D eigenvalue weighted by Gasteiger charge is -2.03. The van der Waals surface area contributed by atoms with E-state index in [1.54, 1.807) is 13.0 Å². The summed E-state index contributed by atoms with van der Waals surface area (Å²) < 4.78 is 0.807. The zero-order valence-electron chi connectivity index (χ0n) is 6.89. The van der Waals surface area contributed by atoms with Crippen LogP contribution in [0.2, 0.25) is 0 Å². The van der Waals surface area contributed by atoms with Crippen molar-refractivity contribution in [1.29, 1.82) is 0 Å². The summed E-state index contributed by atoms with van der Waals surface area (Å²) in [6.07, 6.45) is 0. The summed E-state index contributed by atoms with van der Waals surface area (Å²) in [6, 6.07) is 1.69. The summed E-state index contributed by atoms with van der Waals surface area (Å²) in [5.74, 6) is -0.444. The Labute approximate surface area is 79.1 Å². The van der Waals surface area contributed by atoms with Gasteiger partial charge in [-0.05, 0) is 35.8 Å². The molecule has 0 spiro atoms. The number of amides is 1. The van der Waals surface area contributed by atoms with Crippen LogP contribution >= 0.6 is 15.9 Å². The Morgan fingerprint density at radius 3 is 2.58 bits per heavy atom. The molecule has 4 heteroatoms. The Kier molecular flexibility index (Phi) is 2.47. The molecule has 0 aliphatic rings. The highest BCUT2D eigenvalue weighted by Crippen LogP contribution is 2.17. The van der Waals surface area contributed by atoms with Crippen molar-refractivity contribution in [3.05, 3.63) is 27.5 Å². The van der Waals surface area contributed by atoms with Gasteiger partial charge >= 0.3 is 0 Å². The van der Waals surface area contributed by atoms with E-state index < -0.39 is 5.91 Å². The third-order valence-electron chi connectivity index (χ3n) is 1.61. The molecule has 0 saturated heterocycles. The molecule has 1 amide bonds. The van der Waals surface area contributed by atoms with E-state index in [4.69, 9.17) is 5.73 Å². The lowest BCUT2D eigenvalue weighted by molar-refractivity contribution is 0.0999. The fraction of sp³-hybridized carbons (Fsp3) is 0.250. The van der Waals surface area contributed by atoms with E-state index in [0.29, 0.717) is 11.3 Å². The van der Waals surface area contributed by atoms with Crippen molar-refractivity contribution >= 4 is 21.8 Å². The zero-order valence-corrected chi connectivity index (χ0v) is 8.47. The maximum atomic E-state index is 10.8. The van der Waals surface area contributed by atoms with Crippen LogP contribution < -0.4 is 5.73 Å². The van der Waals surface area contributed by atoms with Crippen LogP contribution in [0.1, 0.15) is 21.7 Å². The van der Waals surface area contributed by atoms with Gasteiger partial charge < -0.3 is 5.73 Å². The summed E-state index contributed by atoms with van der Waals surface area (Å²) in [6.45, 7) is 3.63. The molecule has 0 aliphatic heterocycles. The van der Waals surface area contributed by atoms with Gasteiger partial charge in [0.15, 0.2) is 0 Å². The molecule has 1 aromatic heterocycles. The van der Waals surface area contributed by atoms with Gasteiger partial charge in [-0.3, -0.25) is 9.78 Å². The van der Waals surface area contributed by atoms with Gasteiger partial charge in [0.2, 0.25) is 0 Å². The first kappa shape index (κ1) is 9.19. The number of nitrogens with zero attached hydrogens (tertiary/aromatic N) is 1. The van der Waals surface area contributed by atoms with Crippen molar-refractivity contribution < 1.29 is 4.79 Å². The molecular formula is C8H9BrN2O. The highest BCUT2D eigenvalue weighted by molar-refractivity contribution is 9.10. The third kappa shape index (κ3) is 1.64. The highest BCUT2D eigenvalue weighted by Gasteiger charge is 2.08. The van der Waals surface area contributed by atoms with E-state index >= 15 is 0 Å². The minimum absolute atomic E-state index is 0.444. The van der Waals surface area contributed by atoms with Crippen molar-refractivity contribution in [2.45, 2.75) is 13.8 Å². The number of nitrogens with two attached hydrogens (primary N) is 1. The number of carbonyl (C=O) groups is 1. The Hall–Kier alpha value is -0.900. The predicted molar refractivity (Wildman–Crippen MR) is 49.9 cm³/mol. The molecule has 1 rings (SSSR count). The number of aryl methyl sites for hydroxylation is 2. The quantitative estimate of drug-likeness (QED) is 0.794. The van der Waals surface area contributed by atoms with Gasteiger partial charge in [0.1, 0.15) is 0 Å². The number of hydrogen-bond acceptors (Lipinski definition) is 2. The van der Waals surface area contributed by atoms with Crippen molar-refractivity contribution in [1.82, 2.24) is 4.98 Å². The molecule has 0 aliphatic carbocycles. The number of halogens is 1. The number of carbonyl (C=O) groups excluding carboxylic acids is 1. The summed E-state index contributed by atoms with van der Waals surface area (Å²) >= 11 is 3.28. The minimum atomic E-state index is -0.444. The fourth-order valence-corrected chi connectivity index (χ4v) is 1.27. The van der Waals surface area contributed by atoms with Crippen LogP contribution in [0, 0.1) is 13.8 Å². The summed E-state index contributed by atoms with van der Waals surface area (Å²) in [7, 11) is 0. The van der Waals surface area contributed by atoms with Gasteiger partial charge in [-0.25, -0.2) is 0 Å². The first-order valence-corrected chi connectivity index (χ1v) is 4.25. The first-order valence-electron chi connectivity index (χ1n) is 3.46. The second kappa shape index (κ2) is 3.23. The lowest BCUT2D eigenvalue weighted by atomic mass is 10.2. The number of primary amides is 1. The molecule has 0 aromatic carbocycles. The van der Waals surface area contributed by atoms with Crippen molar-refractivity contribution in [2.75, 3.05) is 0 Å². The second-order valence-electron chi connectivity index (χ2n) is 2.55. The van der Waals surface area contributed by atoms with E-state index in [1.807, 2.05) is 6.92 Å². The van der Waals surface area contributed by atoms with Crippen LogP contribution in [-0.2, 0) is 0 Å². The van der Waals surface area contributed by atoms with Crippen LogP contribution in [0.3, 0.4) is 0 Å². The number of rotatable bonds is 1. The van der Waals surface area contributed by atoms with Gasteiger partial charge in [-0.2, -0.15) is 0 Å². The second-order valence-corrected chi connectivity index (χ2v) is 3.41. The Morgan fingerprint density at radius 1 is 1.50 bits per heavy atom. The van der Waals surface area contributed by atoms with E-state index in [1.165, 1.54) is 0 Å². The molecular weight excluding hydrogens is 220 g/mol.